The zero-order valence-corrected chi connectivity index (χ0v) is 18.8. The van der Waals surface area contributed by atoms with Crippen LogP contribution in [-0.4, -0.2) is 29.4 Å². The third kappa shape index (κ3) is 4.63. The molecule has 2 aromatic heterocycles. The van der Waals surface area contributed by atoms with Gasteiger partial charge in [-0.05, 0) is 42.5 Å². The van der Waals surface area contributed by atoms with Crippen LogP contribution in [0.15, 0.2) is 62.0 Å². The summed E-state index contributed by atoms with van der Waals surface area (Å²) in [5, 5.41) is 11.7. The minimum atomic E-state index is 0.504. The highest BCUT2D eigenvalue weighted by atomic mass is 79.9. The largest absolute Gasteiger partial charge is 0.493 e. The van der Waals surface area contributed by atoms with E-state index in [4.69, 9.17) is 18.9 Å². The van der Waals surface area contributed by atoms with Crippen LogP contribution in [0.5, 0.6) is 11.5 Å². The summed E-state index contributed by atoms with van der Waals surface area (Å²) in [6.45, 7) is 0. The lowest BCUT2D eigenvalue weighted by Crippen LogP contribution is -1.90. The van der Waals surface area contributed by atoms with Gasteiger partial charge in [0.05, 0.1) is 19.9 Å². The molecule has 0 saturated heterocycles. The average molecular weight is 490 g/mol. The minimum Gasteiger partial charge on any atom is -0.493 e. The molecule has 6 nitrogen and oxygen atoms in total. The van der Waals surface area contributed by atoms with Crippen LogP contribution in [0.3, 0.4) is 0 Å². The molecule has 0 fully saturated rings. The summed E-state index contributed by atoms with van der Waals surface area (Å²) < 4.78 is 17.4. The van der Waals surface area contributed by atoms with E-state index in [1.54, 1.807) is 25.6 Å². The van der Waals surface area contributed by atoms with E-state index in [1.165, 1.54) is 11.8 Å². The van der Waals surface area contributed by atoms with Gasteiger partial charge < -0.3 is 13.9 Å². The van der Waals surface area contributed by atoms with Crippen molar-refractivity contribution in [1.29, 1.82) is 0 Å². The van der Waals surface area contributed by atoms with E-state index in [9.17, 15) is 0 Å². The number of thioether (sulfide) groups is 1. The molecule has 9 heteroatoms. The average Bonchev–Trinajstić information content (AvgIpc) is 3.42. The first-order valence-electron chi connectivity index (χ1n) is 8.55. The highest BCUT2D eigenvalue weighted by Gasteiger charge is 2.12. The summed E-state index contributed by atoms with van der Waals surface area (Å²) in [7, 11) is 3.24. The van der Waals surface area contributed by atoms with Gasteiger partial charge in [0.2, 0.25) is 5.89 Å². The zero-order chi connectivity index (χ0) is 20.2. The molecule has 0 aliphatic carbocycles. The van der Waals surface area contributed by atoms with Gasteiger partial charge >= 0.3 is 0 Å². The molecule has 148 valence electrons. The van der Waals surface area contributed by atoms with Crippen LogP contribution in [0.4, 0.5) is 0 Å². The van der Waals surface area contributed by atoms with Gasteiger partial charge in [-0.2, -0.15) is 0 Å². The van der Waals surface area contributed by atoms with E-state index in [2.05, 4.69) is 26.1 Å². The van der Waals surface area contributed by atoms with Crippen LogP contribution in [0.25, 0.3) is 22.0 Å². The topological polar surface area (TPSA) is 70.3 Å². The standard InChI is InChI=1S/C20H16BrN3O3S2/c1-25-16-8-5-13(9-17(16)26-2)19-22-15(10-28-19)11-29-20-24-23-18(27-20)12-3-6-14(21)7-4-12/h3-10H,11H2,1-2H3. The molecule has 29 heavy (non-hydrogen) atoms. The fourth-order valence-corrected chi connectivity index (χ4v) is 4.43. The summed E-state index contributed by atoms with van der Waals surface area (Å²) in [6.07, 6.45) is 0. The number of benzene rings is 2. The monoisotopic (exact) mass is 489 g/mol. The van der Waals surface area contributed by atoms with Crippen LogP contribution >= 0.6 is 39.0 Å². The summed E-state index contributed by atoms with van der Waals surface area (Å²) in [5.74, 6) is 2.53. The number of hydrogen-bond acceptors (Lipinski definition) is 8. The SMILES string of the molecule is COc1ccc(-c2nc(CSc3nnc(-c4ccc(Br)cc4)o3)cs2)cc1OC. The molecule has 0 N–H and O–H groups in total. The molecule has 0 spiro atoms. The Kier molecular flexibility index (Phi) is 6.17. The van der Waals surface area contributed by atoms with Crippen LogP contribution in [0, 0.1) is 0 Å². The molecule has 0 aliphatic rings. The Bertz CT molecular complexity index is 1110. The van der Waals surface area contributed by atoms with Crippen molar-refractivity contribution in [2.75, 3.05) is 14.2 Å². The van der Waals surface area contributed by atoms with Crippen molar-refractivity contribution in [3.8, 4) is 33.5 Å². The Balaban J connectivity index is 1.43. The number of methoxy groups -OCH3 is 2. The molecule has 2 aromatic carbocycles. The lowest BCUT2D eigenvalue weighted by Gasteiger charge is -2.08. The van der Waals surface area contributed by atoms with Crippen LogP contribution in [0.1, 0.15) is 5.69 Å². The molecule has 0 aliphatic heterocycles. The van der Waals surface area contributed by atoms with Crippen LogP contribution < -0.4 is 9.47 Å². The third-order valence-corrected chi connectivity index (χ3v) is 6.34. The molecule has 2 heterocycles. The lowest BCUT2D eigenvalue weighted by molar-refractivity contribution is 0.355. The molecule has 0 bridgehead atoms. The number of rotatable bonds is 7. The van der Waals surface area contributed by atoms with Gasteiger partial charge in [-0.15, -0.1) is 21.5 Å². The fraction of sp³-hybridized carbons (Fsp3) is 0.150. The van der Waals surface area contributed by atoms with Gasteiger partial charge in [-0.1, -0.05) is 27.7 Å². The van der Waals surface area contributed by atoms with E-state index in [0.29, 0.717) is 28.4 Å². The molecule has 4 rings (SSSR count). The first-order chi connectivity index (χ1) is 14.2. The summed E-state index contributed by atoms with van der Waals surface area (Å²) >= 11 is 6.46. The Morgan fingerprint density at radius 1 is 1.00 bits per heavy atom. The second-order valence-electron chi connectivity index (χ2n) is 5.88. The van der Waals surface area contributed by atoms with E-state index in [0.717, 1.165) is 26.3 Å². The maximum Gasteiger partial charge on any atom is 0.277 e. The number of hydrogen-bond donors (Lipinski definition) is 0. The normalized spacial score (nSPS) is 10.9. The van der Waals surface area contributed by atoms with Crippen molar-refractivity contribution in [2.24, 2.45) is 0 Å². The van der Waals surface area contributed by atoms with Gasteiger partial charge in [0.15, 0.2) is 11.5 Å². The van der Waals surface area contributed by atoms with E-state index >= 15 is 0 Å². The predicted molar refractivity (Wildman–Crippen MR) is 118 cm³/mol. The Morgan fingerprint density at radius 3 is 2.52 bits per heavy atom. The van der Waals surface area contributed by atoms with E-state index in [-0.39, 0.29) is 0 Å². The molecule has 0 amide bonds. The Hall–Kier alpha value is -2.36. The van der Waals surface area contributed by atoms with Gasteiger partial charge in [0.25, 0.3) is 5.22 Å². The molecule has 0 radical (unpaired) electrons. The van der Waals surface area contributed by atoms with E-state index < -0.39 is 0 Å². The second-order valence-corrected chi connectivity index (χ2v) is 8.58. The fourth-order valence-electron chi connectivity index (χ4n) is 2.59. The van der Waals surface area contributed by atoms with Crippen molar-refractivity contribution in [3.63, 3.8) is 0 Å². The Morgan fingerprint density at radius 2 is 1.76 bits per heavy atom. The number of thiazole rings is 1. The quantitative estimate of drug-likeness (QED) is 0.297. The predicted octanol–water partition coefficient (Wildman–Crippen LogP) is 5.93. The first kappa shape index (κ1) is 19.9. The smallest absolute Gasteiger partial charge is 0.277 e. The van der Waals surface area contributed by atoms with Crippen molar-refractivity contribution in [2.45, 2.75) is 11.0 Å². The molecule has 4 aromatic rings. The van der Waals surface area contributed by atoms with Gasteiger partial charge in [0.1, 0.15) is 5.01 Å². The number of halogens is 1. The van der Waals surface area contributed by atoms with Crippen molar-refractivity contribution < 1.29 is 13.9 Å². The Labute approximate surface area is 184 Å². The maximum atomic E-state index is 5.75. The van der Waals surface area contributed by atoms with Gasteiger partial charge in [-0.25, -0.2) is 4.98 Å². The first-order valence-corrected chi connectivity index (χ1v) is 11.2. The van der Waals surface area contributed by atoms with Gasteiger partial charge in [-0.3, -0.25) is 0 Å². The molecule has 0 unspecified atom stereocenters. The summed E-state index contributed by atoms with van der Waals surface area (Å²) in [6, 6.07) is 13.5. The third-order valence-electron chi connectivity index (χ3n) is 4.02. The molecular weight excluding hydrogens is 474 g/mol. The molecule has 0 atom stereocenters. The van der Waals surface area contributed by atoms with Crippen LogP contribution in [-0.2, 0) is 5.75 Å². The van der Waals surface area contributed by atoms with Crippen molar-refractivity contribution >= 4 is 39.0 Å². The highest BCUT2D eigenvalue weighted by Crippen LogP contribution is 2.34. The second kappa shape index (κ2) is 8.98. The summed E-state index contributed by atoms with van der Waals surface area (Å²) in [4.78, 5) is 4.71. The number of ether oxygens (including phenoxy) is 2. The number of aromatic nitrogens is 3. The lowest BCUT2D eigenvalue weighted by atomic mass is 10.2. The molecular formula is C20H16BrN3O3S2. The van der Waals surface area contributed by atoms with Crippen molar-refractivity contribution in [1.82, 2.24) is 15.2 Å². The zero-order valence-electron chi connectivity index (χ0n) is 15.6. The van der Waals surface area contributed by atoms with Gasteiger partial charge in [0, 0.05) is 26.7 Å². The number of nitrogens with zero attached hydrogens (tertiary/aromatic N) is 3. The highest BCUT2D eigenvalue weighted by molar-refractivity contribution is 9.10. The minimum absolute atomic E-state index is 0.504. The van der Waals surface area contributed by atoms with Crippen LogP contribution in [0.2, 0.25) is 0 Å². The molecule has 0 saturated carbocycles. The van der Waals surface area contributed by atoms with E-state index in [1.807, 2.05) is 47.8 Å². The van der Waals surface area contributed by atoms with Crippen molar-refractivity contribution in [3.05, 3.63) is 58.0 Å². The summed E-state index contributed by atoms with van der Waals surface area (Å²) in [5.41, 5.74) is 2.82. The maximum absolute atomic E-state index is 5.75.